The van der Waals surface area contributed by atoms with Gasteiger partial charge in [0, 0.05) is 43.6 Å². The normalized spacial score (nSPS) is 18.0. The van der Waals surface area contributed by atoms with Crippen LogP contribution < -0.4 is 19.3 Å². The number of aliphatic hydroxyl groups is 1. The minimum Gasteiger partial charge on any atom is -0.496 e. The molecule has 1 aliphatic carbocycles. The van der Waals surface area contributed by atoms with E-state index in [-0.39, 0.29) is 6.10 Å². The van der Waals surface area contributed by atoms with Crippen LogP contribution in [-0.4, -0.2) is 63.5 Å². The number of hydrogen-bond donors (Lipinski definition) is 1. The molecule has 0 amide bonds. The van der Waals surface area contributed by atoms with Crippen molar-refractivity contribution in [2.24, 2.45) is 5.92 Å². The lowest BCUT2D eigenvalue weighted by Crippen LogP contribution is -2.38. The second kappa shape index (κ2) is 8.34. The van der Waals surface area contributed by atoms with Crippen LogP contribution in [0.3, 0.4) is 0 Å². The zero-order valence-corrected chi connectivity index (χ0v) is 21.0. The molecule has 0 spiro atoms. The van der Waals surface area contributed by atoms with Crippen LogP contribution in [0.1, 0.15) is 25.5 Å². The Kier molecular flexibility index (Phi) is 5.22. The molecule has 1 aliphatic heterocycles. The number of anilines is 2. The molecule has 1 saturated carbocycles. The summed E-state index contributed by atoms with van der Waals surface area (Å²) in [7, 11) is 5.33. The molecule has 2 aliphatic rings. The quantitative estimate of drug-likeness (QED) is 0.438. The topological polar surface area (TPSA) is 102 Å². The molecule has 0 bridgehead atoms. The van der Waals surface area contributed by atoms with E-state index in [0.717, 1.165) is 52.1 Å². The number of rotatable bonds is 6. The molecule has 36 heavy (non-hydrogen) atoms. The van der Waals surface area contributed by atoms with Crippen LogP contribution in [-0.2, 0) is 0 Å². The van der Waals surface area contributed by atoms with Crippen molar-refractivity contribution < 1.29 is 14.6 Å². The third kappa shape index (κ3) is 3.51. The number of hydrogen-bond acceptors (Lipinski definition) is 9. The van der Waals surface area contributed by atoms with Gasteiger partial charge in [-0.2, -0.15) is 10.1 Å². The molecule has 2 unspecified atom stereocenters. The maximum Gasteiger partial charge on any atom is 0.242 e. The SMILES string of the molecule is COc1ccncc1-c1cc2c(cnn2-c2cc3c(c(OC(C)C4CC4)n2)N(C)C(O)N3C)c(C)n1. The molecule has 10 heteroatoms. The summed E-state index contributed by atoms with van der Waals surface area (Å²) >= 11 is 0. The Balaban J connectivity index is 1.52. The Morgan fingerprint density at radius 3 is 2.67 bits per heavy atom. The summed E-state index contributed by atoms with van der Waals surface area (Å²) in [6.45, 7) is 4.04. The van der Waals surface area contributed by atoms with Gasteiger partial charge in [-0.25, -0.2) is 4.68 Å². The van der Waals surface area contributed by atoms with E-state index in [1.165, 1.54) is 0 Å². The van der Waals surface area contributed by atoms with Crippen LogP contribution in [0.5, 0.6) is 11.6 Å². The second-order valence-corrected chi connectivity index (χ2v) is 9.54. The van der Waals surface area contributed by atoms with Crippen LogP contribution in [0.25, 0.3) is 28.0 Å². The van der Waals surface area contributed by atoms with Gasteiger partial charge in [0.2, 0.25) is 12.2 Å². The van der Waals surface area contributed by atoms with Crippen molar-refractivity contribution in [1.29, 1.82) is 0 Å². The number of pyridine rings is 3. The first kappa shape index (κ1) is 22.5. The van der Waals surface area contributed by atoms with Crippen LogP contribution in [0.4, 0.5) is 11.4 Å². The first-order valence-corrected chi connectivity index (χ1v) is 12.1. The predicted molar refractivity (Wildman–Crippen MR) is 137 cm³/mol. The van der Waals surface area contributed by atoms with Gasteiger partial charge < -0.3 is 24.4 Å². The fourth-order valence-electron chi connectivity index (χ4n) is 4.87. The van der Waals surface area contributed by atoms with Crippen molar-refractivity contribution >= 4 is 22.3 Å². The Morgan fingerprint density at radius 1 is 1.11 bits per heavy atom. The van der Waals surface area contributed by atoms with Crippen LogP contribution >= 0.6 is 0 Å². The van der Waals surface area contributed by atoms with E-state index in [1.807, 2.05) is 39.2 Å². The van der Waals surface area contributed by atoms with Crippen molar-refractivity contribution in [2.45, 2.75) is 39.1 Å². The van der Waals surface area contributed by atoms with Crippen molar-refractivity contribution in [3.63, 3.8) is 0 Å². The van der Waals surface area contributed by atoms with Gasteiger partial charge in [0.05, 0.1) is 35.8 Å². The third-order valence-electron chi connectivity index (χ3n) is 7.19. The van der Waals surface area contributed by atoms with Gasteiger partial charge in [-0.05, 0) is 44.7 Å². The Morgan fingerprint density at radius 2 is 1.92 bits per heavy atom. The van der Waals surface area contributed by atoms with Gasteiger partial charge in [-0.15, -0.1) is 0 Å². The number of aliphatic hydroxyl groups excluding tert-OH is 1. The highest BCUT2D eigenvalue weighted by molar-refractivity contribution is 5.88. The molecule has 2 atom stereocenters. The largest absolute Gasteiger partial charge is 0.496 e. The summed E-state index contributed by atoms with van der Waals surface area (Å²) in [6.07, 6.45) is 6.81. The van der Waals surface area contributed by atoms with Gasteiger partial charge in [0.25, 0.3) is 0 Å². The van der Waals surface area contributed by atoms with Crippen molar-refractivity contribution in [3.05, 3.63) is 42.5 Å². The van der Waals surface area contributed by atoms with Crippen LogP contribution in [0.15, 0.2) is 36.8 Å². The van der Waals surface area contributed by atoms with Gasteiger partial charge in [-0.1, -0.05) is 0 Å². The molecule has 5 heterocycles. The Labute approximate surface area is 209 Å². The summed E-state index contributed by atoms with van der Waals surface area (Å²) in [6, 6.07) is 5.73. The Hall–Kier alpha value is -3.92. The van der Waals surface area contributed by atoms with E-state index in [4.69, 9.17) is 19.4 Å². The number of fused-ring (bicyclic) bond motifs is 2. The highest BCUT2D eigenvalue weighted by Crippen LogP contribution is 2.46. The maximum absolute atomic E-state index is 10.7. The first-order chi connectivity index (χ1) is 17.4. The third-order valence-corrected chi connectivity index (χ3v) is 7.19. The van der Waals surface area contributed by atoms with Crippen LogP contribution in [0, 0.1) is 12.8 Å². The van der Waals surface area contributed by atoms with E-state index >= 15 is 0 Å². The average molecular weight is 488 g/mol. The molecule has 186 valence electrons. The van der Waals surface area contributed by atoms with Crippen LogP contribution in [0.2, 0.25) is 0 Å². The number of nitrogens with zero attached hydrogens (tertiary/aromatic N) is 7. The van der Waals surface area contributed by atoms with Gasteiger partial charge in [0.1, 0.15) is 17.5 Å². The molecule has 1 fully saturated rings. The van der Waals surface area contributed by atoms with Crippen molar-refractivity contribution in [2.75, 3.05) is 31.0 Å². The number of ether oxygens (including phenoxy) is 2. The summed E-state index contributed by atoms with van der Waals surface area (Å²) in [5.74, 6) is 2.33. The first-order valence-electron chi connectivity index (χ1n) is 12.1. The molecular formula is C26H29N7O3. The summed E-state index contributed by atoms with van der Waals surface area (Å²) in [5, 5.41) is 16.3. The van der Waals surface area contributed by atoms with Gasteiger partial charge >= 0.3 is 0 Å². The molecule has 0 radical (unpaired) electrons. The highest BCUT2D eigenvalue weighted by atomic mass is 16.5. The van der Waals surface area contributed by atoms with Crippen molar-refractivity contribution in [1.82, 2.24) is 24.7 Å². The number of aromatic nitrogens is 5. The monoisotopic (exact) mass is 487 g/mol. The molecular weight excluding hydrogens is 458 g/mol. The zero-order chi connectivity index (χ0) is 25.1. The van der Waals surface area contributed by atoms with E-state index < -0.39 is 6.35 Å². The van der Waals surface area contributed by atoms with E-state index in [9.17, 15) is 5.11 Å². The summed E-state index contributed by atoms with van der Waals surface area (Å²) < 4.78 is 13.7. The average Bonchev–Trinajstić information content (AvgIpc) is 3.61. The molecule has 4 aromatic rings. The predicted octanol–water partition coefficient (Wildman–Crippen LogP) is 3.53. The fourth-order valence-corrected chi connectivity index (χ4v) is 4.87. The molecule has 10 nitrogen and oxygen atoms in total. The second-order valence-electron chi connectivity index (χ2n) is 9.54. The van der Waals surface area contributed by atoms with E-state index in [2.05, 4.69) is 17.0 Å². The summed E-state index contributed by atoms with van der Waals surface area (Å²) in [4.78, 5) is 17.6. The lowest BCUT2D eigenvalue weighted by atomic mass is 10.1. The lowest BCUT2D eigenvalue weighted by molar-refractivity contribution is 0.177. The van der Waals surface area contributed by atoms with E-state index in [0.29, 0.717) is 23.4 Å². The standard InChI is InChI=1S/C26H29N7O3/c1-14-17-13-28-33(20(17)10-19(29-14)18-12-27-9-8-22(18)35-5)23-11-21-24(32(4)26(34)31(21)3)25(30-23)36-15(2)16-6-7-16/h8-13,15-16,26,34H,6-7H2,1-5H3. The molecule has 0 saturated heterocycles. The lowest BCUT2D eigenvalue weighted by Gasteiger charge is -2.22. The minimum absolute atomic E-state index is 0.0405. The molecule has 1 N–H and O–H groups in total. The van der Waals surface area contributed by atoms with Gasteiger partial charge in [-0.3, -0.25) is 9.97 Å². The highest BCUT2D eigenvalue weighted by Gasteiger charge is 2.37. The maximum atomic E-state index is 10.7. The molecule has 6 rings (SSSR count). The smallest absolute Gasteiger partial charge is 0.242 e. The zero-order valence-electron chi connectivity index (χ0n) is 21.0. The number of methoxy groups -OCH3 is 1. The molecule has 4 aromatic heterocycles. The Bertz CT molecular complexity index is 1470. The summed E-state index contributed by atoms with van der Waals surface area (Å²) in [5.41, 5.74) is 4.83. The fraction of sp³-hybridized carbons (Fsp3) is 0.385. The van der Waals surface area contributed by atoms with E-state index in [1.54, 1.807) is 40.2 Å². The minimum atomic E-state index is -0.805. The number of aryl methyl sites for hydroxylation is 1. The van der Waals surface area contributed by atoms with Gasteiger partial charge in [0.15, 0.2) is 5.82 Å². The molecule has 0 aromatic carbocycles. The van der Waals surface area contributed by atoms with Crippen molar-refractivity contribution in [3.8, 4) is 28.7 Å².